The van der Waals surface area contributed by atoms with Crippen molar-refractivity contribution in [3.8, 4) is 5.75 Å². The summed E-state index contributed by atoms with van der Waals surface area (Å²) in [6, 6.07) is 11.7. The summed E-state index contributed by atoms with van der Waals surface area (Å²) in [7, 11) is 1.59. The van der Waals surface area contributed by atoms with Gasteiger partial charge in [-0.15, -0.1) is 0 Å². The summed E-state index contributed by atoms with van der Waals surface area (Å²) in [4.78, 5) is 27.8. The first-order valence-electron chi connectivity index (χ1n) is 6.94. The van der Waals surface area contributed by atoms with Gasteiger partial charge in [0.1, 0.15) is 5.75 Å². The fourth-order valence-electron chi connectivity index (χ4n) is 2.33. The Morgan fingerprint density at radius 1 is 1.22 bits per heavy atom. The summed E-state index contributed by atoms with van der Waals surface area (Å²) in [6.07, 6.45) is 1.47. The fraction of sp³-hybridized carbons (Fsp3) is 0.118. The van der Waals surface area contributed by atoms with Crippen molar-refractivity contribution in [3.63, 3.8) is 0 Å². The number of aromatic nitrogens is 2. The van der Waals surface area contributed by atoms with Crippen LogP contribution in [0.1, 0.15) is 15.9 Å². The van der Waals surface area contributed by atoms with Gasteiger partial charge in [-0.1, -0.05) is 12.1 Å². The number of carboxylic acids is 1. The van der Waals surface area contributed by atoms with Gasteiger partial charge >= 0.3 is 5.97 Å². The van der Waals surface area contributed by atoms with Gasteiger partial charge in [0.2, 0.25) is 0 Å². The molecule has 0 aliphatic carbocycles. The van der Waals surface area contributed by atoms with Crippen molar-refractivity contribution in [1.82, 2.24) is 9.55 Å². The normalized spacial score (nSPS) is 10.7. The second kappa shape index (κ2) is 5.92. The number of hydrogen-bond acceptors (Lipinski definition) is 4. The van der Waals surface area contributed by atoms with Crippen LogP contribution < -0.4 is 10.3 Å². The van der Waals surface area contributed by atoms with Crippen LogP contribution in [0.4, 0.5) is 0 Å². The SMILES string of the molecule is COc1ccc(Cn2cnc3ccc(C(=O)O)cc3c2=O)cc1. The lowest BCUT2D eigenvalue weighted by atomic mass is 10.1. The highest BCUT2D eigenvalue weighted by atomic mass is 16.5. The van der Waals surface area contributed by atoms with Crippen LogP contribution in [0.15, 0.2) is 53.6 Å². The number of carbonyl (C=O) groups is 1. The van der Waals surface area contributed by atoms with Crippen LogP contribution in [0.25, 0.3) is 10.9 Å². The van der Waals surface area contributed by atoms with Crippen LogP contribution in [0.3, 0.4) is 0 Å². The van der Waals surface area contributed by atoms with E-state index in [1.54, 1.807) is 7.11 Å². The van der Waals surface area contributed by atoms with Crippen molar-refractivity contribution in [2.24, 2.45) is 0 Å². The molecule has 0 spiro atoms. The predicted molar refractivity (Wildman–Crippen MR) is 85.1 cm³/mol. The van der Waals surface area contributed by atoms with Crippen LogP contribution in [0, 0.1) is 0 Å². The van der Waals surface area contributed by atoms with Crippen LogP contribution in [0.2, 0.25) is 0 Å². The van der Waals surface area contributed by atoms with Crippen molar-refractivity contribution >= 4 is 16.9 Å². The van der Waals surface area contributed by atoms with Gasteiger partial charge in [-0.25, -0.2) is 9.78 Å². The van der Waals surface area contributed by atoms with Gasteiger partial charge in [0, 0.05) is 0 Å². The van der Waals surface area contributed by atoms with Crippen molar-refractivity contribution in [2.45, 2.75) is 6.54 Å². The number of hydrogen-bond donors (Lipinski definition) is 1. The summed E-state index contributed by atoms with van der Waals surface area (Å²) >= 11 is 0. The molecule has 0 aliphatic rings. The zero-order valence-electron chi connectivity index (χ0n) is 12.4. The van der Waals surface area contributed by atoms with Crippen molar-refractivity contribution in [2.75, 3.05) is 7.11 Å². The van der Waals surface area contributed by atoms with E-state index in [1.807, 2.05) is 24.3 Å². The van der Waals surface area contributed by atoms with Gasteiger partial charge in [-0.05, 0) is 35.9 Å². The molecule has 0 saturated carbocycles. The maximum absolute atomic E-state index is 12.5. The Hall–Kier alpha value is -3.15. The summed E-state index contributed by atoms with van der Waals surface area (Å²) < 4.78 is 6.55. The molecule has 0 fully saturated rings. The molecule has 6 nitrogen and oxygen atoms in total. The molecule has 3 rings (SSSR count). The van der Waals surface area contributed by atoms with Crippen LogP contribution >= 0.6 is 0 Å². The van der Waals surface area contributed by atoms with E-state index in [1.165, 1.54) is 29.1 Å². The molecular formula is C17H14N2O4. The van der Waals surface area contributed by atoms with Crippen molar-refractivity contribution in [1.29, 1.82) is 0 Å². The third kappa shape index (κ3) is 2.91. The number of rotatable bonds is 4. The van der Waals surface area contributed by atoms with Gasteiger partial charge in [0.25, 0.3) is 5.56 Å². The van der Waals surface area contributed by atoms with E-state index in [2.05, 4.69) is 4.98 Å². The Kier molecular flexibility index (Phi) is 3.80. The Bertz CT molecular complexity index is 929. The second-order valence-electron chi connectivity index (χ2n) is 5.06. The number of ether oxygens (including phenoxy) is 1. The van der Waals surface area contributed by atoms with Crippen LogP contribution in [-0.2, 0) is 6.54 Å². The average molecular weight is 310 g/mol. The molecule has 23 heavy (non-hydrogen) atoms. The molecule has 1 aromatic heterocycles. The van der Waals surface area contributed by atoms with Gasteiger partial charge in [-0.3, -0.25) is 9.36 Å². The van der Waals surface area contributed by atoms with E-state index in [-0.39, 0.29) is 11.1 Å². The van der Waals surface area contributed by atoms with Gasteiger partial charge < -0.3 is 9.84 Å². The van der Waals surface area contributed by atoms with E-state index in [0.29, 0.717) is 17.4 Å². The first-order valence-corrected chi connectivity index (χ1v) is 6.94. The van der Waals surface area contributed by atoms with E-state index in [0.717, 1.165) is 11.3 Å². The standard InChI is InChI=1S/C17H14N2O4/c1-23-13-5-2-11(3-6-13)9-19-10-18-15-7-4-12(17(21)22)8-14(15)16(19)20/h2-8,10H,9H2,1H3,(H,21,22). The maximum atomic E-state index is 12.5. The molecule has 3 aromatic rings. The van der Waals surface area contributed by atoms with E-state index < -0.39 is 5.97 Å². The smallest absolute Gasteiger partial charge is 0.335 e. The highest BCUT2D eigenvalue weighted by molar-refractivity contribution is 5.92. The van der Waals surface area contributed by atoms with E-state index >= 15 is 0 Å². The summed E-state index contributed by atoms with van der Waals surface area (Å²) in [5, 5.41) is 9.34. The molecule has 0 bridgehead atoms. The minimum absolute atomic E-state index is 0.0681. The van der Waals surface area contributed by atoms with Crippen molar-refractivity contribution < 1.29 is 14.6 Å². The lowest BCUT2D eigenvalue weighted by Gasteiger charge is -2.08. The number of methoxy groups -OCH3 is 1. The number of carboxylic acid groups (broad SMARTS) is 1. The fourth-order valence-corrected chi connectivity index (χ4v) is 2.33. The topological polar surface area (TPSA) is 81.4 Å². The molecule has 0 saturated heterocycles. The Balaban J connectivity index is 2.01. The number of nitrogens with zero attached hydrogens (tertiary/aromatic N) is 2. The highest BCUT2D eigenvalue weighted by Gasteiger charge is 2.09. The first kappa shape index (κ1) is 14.8. The Labute approximate surface area is 131 Å². The third-order valence-corrected chi connectivity index (χ3v) is 3.58. The zero-order chi connectivity index (χ0) is 16.4. The minimum atomic E-state index is -1.07. The van der Waals surface area contributed by atoms with Crippen molar-refractivity contribution in [3.05, 3.63) is 70.3 Å². The number of fused-ring (bicyclic) bond motifs is 1. The molecule has 2 aromatic carbocycles. The molecule has 0 aliphatic heterocycles. The zero-order valence-corrected chi connectivity index (χ0v) is 12.4. The van der Waals surface area contributed by atoms with E-state index in [4.69, 9.17) is 9.84 Å². The Morgan fingerprint density at radius 3 is 2.61 bits per heavy atom. The lowest BCUT2D eigenvalue weighted by molar-refractivity contribution is 0.0697. The predicted octanol–water partition coefficient (Wildman–Crippen LogP) is 2.15. The third-order valence-electron chi connectivity index (χ3n) is 3.58. The summed E-state index contributed by atoms with van der Waals surface area (Å²) in [5.41, 5.74) is 1.20. The largest absolute Gasteiger partial charge is 0.497 e. The molecular weight excluding hydrogens is 296 g/mol. The molecule has 0 atom stereocenters. The highest BCUT2D eigenvalue weighted by Crippen LogP contribution is 2.13. The second-order valence-corrected chi connectivity index (χ2v) is 5.06. The Morgan fingerprint density at radius 2 is 1.96 bits per heavy atom. The quantitative estimate of drug-likeness (QED) is 0.798. The maximum Gasteiger partial charge on any atom is 0.335 e. The summed E-state index contributed by atoms with van der Waals surface area (Å²) in [5.74, 6) is -0.333. The lowest BCUT2D eigenvalue weighted by Crippen LogP contribution is -2.21. The minimum Gasteiger partial charge on any atom is -0.497 e. The molecule has 116 valence electrons. The number of benzene rings is 2. The van der Waals surface area contributed by atoms with E-state index in [9.17, 15) is 9.59 Å². The van der Waals surface area contributed by atoms with Gasteiger partial charge in [0.05, 0.1) is 36.4 Å². The monoisotopic (exact) mass is 310 g/mol. The van der Waals surface area contributed by atoms with Crippen LogP contribution in [-0.4, -0.2) is 27.7 Å². The molecule has 1 N–H and O–H groups in total. The first-order chi connectivity index (χ1) is 11.1. The number of aromatic carboxylic acids is 1. The molecule has 0 amide bonds. The van der Waals surface area contributed by atoms with Gasteiger partial charge in [0.15, 0.2) is 0 Å². The average Bonchev–Trinajstić information content (AvgIpc) is 2.58. The van der Waals surface area contributed by atoms with Gasteiger partial charge in [-0.2, -0.15) is 0 Å². The molecule has 1 heterocycles. The molecule has 6 heteroatoms. The molecule has 0 unspecified atom stereocenters. The van der Waals surface area contributed by atoms with Crippen LogP contribution in [0.5, 0.6) is 5.75 Å². The molecule has 0 radical (unpaired) electrons. The summed E-state index contributed by atoms with van der Waals surface area (Å²) in [6.45, 7) is 0.350.